The van der Waals surface area contributed by atoms with E-state index in [-0.39, 0.29) is 23.6 Å². The van der Waals surface area contributed by atoms with Gasteiger partial charge in [-0.1, -0.05) is 11.6 Å². The Bertz CT molecular complexity index is 854. The van der Waals surface area contributed by atoms with Crippen LogP contribution >= 0.6 is 11.6 Å². The third-order valence-electron chi connectivity index (χ3n) is 3.31. The summed E-state index contributed by atoms with van der Waals surface area (Å²) in [7, 11) is 2.77. The van der Waals surface area contributed by atoms with Crippen LogP contribution in [0.3, 0.4) is 0 Å². The molecule has 0 spiro atoms. The molecule has 1 N–H and O–H groups in total. The number of hydrazone groups is 1. The Kier molecular flexibility index (Phi) is 6.95. The molecule has 1 amide bonds. The number of benzene rings is 2. The monoisotopic (exact) mass is 393 g/mol. The summed E-state index contributed by atoms with van der Waals surface area (Å²) in [6.45, 7) is -0.285. The number of hydrogen-bond acceptors (Lipinski definition) is 7. The SMILES string of the molecule is COc1cc(/C=N\NC(=O)COc2ccc(Cl)cc2)c([N+](=O)[O-])cc1OC. The van der Waals surface area contributed by atoms with Gasteiger partial charge in [0, 0.05) is 5.02 Å². The van der Waals surface area contributed by atoms with E-state index in [9.17, 15) is 14.9 Å². The van der Waals surface area contributed by atoms with Gasteiger partial charge in [-0.25, -0.2) is 5.43 Å². The van der Waals surface area contributed by atoms with Gasteiger partial charge in [-0.15, -0.1) is 0 Å². The molecule has 0 aliphatic rings. The van der Waals surface area contributed by atoms with E-state index in [1.165, 1.54) is 26.4 Å². The van der Waals surface area contributed by atoms with Crippen LogP contribution in [0.15, 0.2) is 41.5 Å². The minimum atomic E-state index is -0.589. The van der Waals surface area contributed by atoms with Crippen LogP contribution in [0, 0.1) is 10.1 Å². The number of methoxy groups -OCH3 is 2. The van der Waals surface area contributed by atoms with Gasteiger partial charge in [0.2, 0.25) is 0 Å². The third-order valence-corrected chi connectivity index (χ3v) is 3.56. The smallest absolute Gasteiger partial charge is 0.282 e. The van der Waals surface area contributed by atoms with E-state index >= 15 is 0 Å². The average Bonchev–Trinajstić information content (AvgIpc) is 2.66. The number of nitrogens with zero attached hydrogens (tertiary/aromatic N) is 2. The van der Waals surface area contributed by atoms with Gasteiger partial charge in [-0.2, -0.15) is 5.10 Å². The second-order valence-electron chi connectivity index (χ2n) is 5.06. The average molecular weight is 394 g/mol. The van der Waals surface area contributed by atoms with Crippen molar-refractivity contribution in [2.24, 2.45) is 5.10 Å². The number of halogens is 1. The Hall–Kier alpha value is -3.33. The van der Waals surface area contributed by atoms with Crippen molar-refractivity contribution in [2.75, 3.05) is 20.8 Å². The standard InChI is InChI=1S/C17H16ClN3O6/c1-25-15-7-11(14(21(23)24)8-16(15)26-2)9-19-20-17(22)10-27-13-5-3-12(18)4-6-13/h3-9H,10H2,1-2H3,(H,20,22)/b19-9-. The first-order valence-corrected chi connectivity index (χ1v) is 7.93. The summed E-state index contributed by atoms with van der Waals surface area (Å²) in [5, 5.41) is 15.5. The largest absolute Gasteiger partial charge is 0.493 e. The van der Waals surface area contributed by atoms with Gasteiger partial charge in [-0.3, -0.25) is 14.9 Å². The van der Waals surface area contributed by atoms with Crippen LogP contribution in [0.5, 0.6) is 17.2 Å². The fraction of sp³-hybridized carbons (Fsp3) is 0.176. The van der Waals surface area contributed by atoms with Crippen LogP contribution in [0.25, 0.3) is 0 Å². The fourth-order valence-electron chi connectivity index (χ4n) is 2.03. The van der Waals surface area contributed by atoms with Gasteiger partial charge in [-0.05, 0) is 30.3 Å². The number of nitrogens with one attached hydrogen (secondary N) is 1. The summed E-state index contributed by atoms with van der Waals surface area (Å²) >= 11 is 5.76. The van der Waals surface area contributed by atoms with Gasteiger partial charge in [0.15, 0.2) is 18.1 Å². The number of nitro benzene ring substituents is 1. The zero-order valence-corrected chi connectivity index (χ0v) is 15.2. The number of carbonyl (C=O) groups is 1. The Morgan fingerprint density at radius 2 is 1.85 bits per heavy atom. The van der Waals surface area contributed by atoms with E-state index in [0.29, 0.717) is 16.5 Å². The van der Waals surface area contributed by atoms with E-state index in [2.05, 4.69) is 10.5 Å². The van der Waals surface area contributed by atoms with Gasteiger partial charge < -0.3 is 14.2 Å². The number of ether oxygens (including phenoxy) is 3. The highest BCUT2D eigenvalue weighted by molar-refractivity contribution is 6.30. The van der Waals surface area contributed by atoms with Crippen LogP contribution in [0.4, 0.5) is 5.69 Å². The molecule has 0 unspecified atom stereocenters. The molecule has 0 aliphatic heterocycles. The Morgan fingerprint density at radius 1 is 1.22 bits per heavy atom. The lowest BCUT2D eigenvalue weighted by Crippen LogP contribution is -2.24. The van der Waals surface area contributed by atoms with Crippen molar-refractivity contribution >= 4 is 29.4 Å². The number of nitro groups is 1. The van der Waals surface area contributed by atoms with Crippen LogP contribution < -0.4 is 19.6 Å². The third kappa shape index (κ3) is 5.58. The van der Waals surface area contributed by atoms with E-state index < -0.39 is 10.8 Å². The molecule has 0 aromatic heterocycles. The van der Waals surface area contributed by atoms with Crippen molar-refractivity contribution in [1.29, 1.82) is 0 Å². The lowest BCUT2D eigenvalue weighted by molar-refractivity contribution is -0.385. The number of amides is 1. The summed E-state index contributed by atoms with van der Waals surface area (Å²) in [6, 6.07) is 9.09. The quantitative estimate of drug-likeness (QED) is 0.419. The molecule has 0 fully saturated rings. The number of carbonyl (C=O) groups excluding carboxylic acids is 1. The molecule has 27 heavy (non-hydrogen) atoms. The van der Waals surface area contributed by atoms with Gasteiger partial charge in [0.25, 0.3) is 11.6 Å². The molecule has 10 heteroatoms. The molecule has 2 aromatic rings. The van der Waals surface area contributed by atoms with Crippen molar-refractivity contribution in [2.45, 2.75) is 0 Å². The molecule has 2 rings (SSSR count). The van der Waals surface area contributed by atoms with Crippen molar-refractivity contribution in [3.8, 4) is 17.2 Å². The lowest BCUT2D eigenvalue weighted by atomic mass is 10.1. The van der Waals surface area contributed by atoms with Crippen LogP contribution in [-0.4, -0.2) is 37.9 Å². The summed E-state index contributed by atoms with van der Waals surface area (Å²) in [5.74, 6) is 0.432. The van der Waals surface area contributed by atoms with Crippen molar-refractivity contribution < 1.29 is 23.9 Å². The van der Waals surface area contributed by atoms with Crippen LogP contribution in [-0.2, 0) is 4.79 Å². The first-order valence-electron chi connectivity index (χ1n) is 7.55. The summed E-state index contributed by atoms with van der Waals surface area (Å²) < 4.78 is 15.4. The minimum absolute atomic E-state index is 0.136. The first kappa shape index (κ1) is 20.0. The molecule has 0 heterocycles. The normalized spacial score (nSPS) is 10.5. The Morgan fingerprint density at radius 3 is 2.44 bits per heavy atom. The highest BCUT2D eigenvalue weighted by Gasteiger charge is 2.18. The molecule has 0 atom stereocenters. The summed E-state index contributed by atoms with van der Waals surface area (Å²) in [4.78, 5) is 22.4. The second-order valence-corrected chi connectivity index (χ2v) is 5.50. The molecule has 2 aromatic carbocycles. The highest BCUT2D eigenvalue weighted by atomic mass is 35.5. The molecule has 0 saturated carbocycles. The van der Waals surface area contributed by atoms with Gasteiger partial charge in [0.1, 0.15) is 5.75 Å². The second kappa shape index (κ2) is 9.39. The van der Waals surface area contributed by atoms with E-state index in [1.807, 2.05) is 0 Å². The van der Waals surface area contributed by atoms with Crippen molar-refractivity contribution in [3.05, 3.63) is 57.1 Å². The molecular formula is C17H16ClN3O6. The fourth-order valence-corrected chi connectivity index (χ4v) is 2.16. The van der Waals surface area contributed by atoms with Gasteiger partial charge in [0.05, 0.1) is 37.0 Å². The topological polar surface area (TPSA) is 112 Å². The van der Waals surface area contributed by atoms with Crippen molar-refractivity contribution in [3.63, 3.8) is 0 Å². The predicted molar refractivity (Wildman–Crippen MR) is 98.9 cm³/mol. The molecule has 0 aliphatic carbocycles. The van der Waals surface area contributed by atoms with Crippen LogP contribution in [0.1, 0.15) is 5.56 Å². The minimum Gasteiger partial charge on any atom is -0.493 e. The maximum absolute atomic E-state index is 11.8. The molecule has 142 valence electrons. The zero-order chi connectivity index (χ0) is 19.8. The Labute approximate surface area is 159 Å². The van der Waals surface area contributed by atoms with Crippen molar-refractivity contribution in [1.82, 2.24) is 5.43 Å². The summed E-state index contributed by atoms with van der Waals surface area (Å²) in [6.07, 6.45) is 1.14. The lowest BCUT2D eigenvalue weighted by Gasteiger charge is -2.08. The van der Waals surface area contributed by atoms with Crippen LogP contribution in [0.2, 0.25) is 5.02 Å². The number of hydrogen-bond donors (Lipinski definition) is 1. The maximum Gasteiger partial charge on any atom is 0.282 e. The van der Waals surface area contributed by atoms with E-state index in [1.54, 1.807) is 24.3 Å². The maximum atomic E-state index is 11.8. The Balaban J connectivity index is 2.02. The molecule has 9 nitrogen and oxygen atoms in total. The van der Waals surface area contributed by atoms with E-state index in [4.69, 9.17) is 25.8 Å². The van der Waals surface area contributed by atoms with E-state index in [0.717, 1.165) is 6.21 Å². The predicted octanol–water partition coefficient (Wildman–Crippen LogP) is 2.79. The molecule has 0 bridgehead atoms. The molecule has 0 saturated heterocycles. The molecule has 0 radical (unpaired) electrons. The van der Waals surface area contributed by atoms with Gasteiger partial charge >= 0.3 is 0 Å². The zero-order valence-electron chi connectivity index (χ0n) is 14.5. The highest BCUT2D eigenvalue weighted by Crippen LogP contribution is 2.33. The summed E-state index contributed by atoms with van der Waals surface area (Å²) in [5.41, 5.74) is 2.12. The first-order chi connectivity index (χ1) is 12.9. The molecular weight excluding hydrogens is 378 g/mol. The number of rotatable bonds is 8.